The maximum atomic E-state index is 13.1. The number of nitrogens with one attached hydrogen (secondary N) is 3. The molecule has 186 valence electrons. The van der Waals surface area contributed by atoms with Crippen LogP contribution in [0, 0.1) is 6.92 Å². The summed E-state index contributed by atoms with van der Waals surface area (Å²) in [5.74, 6) is -2.87. The molecule has 0 aromatic heterocycles. The van der Waals surface area contributed by atoms with Crippen molar-refractivity contribution in [3.8, 4) is 0 Å². The van der Waals surface area contributed by atoms with Crippen LogP contribution in [-0.2, 0) is 36.9 Å². The molecule has 3 atom stereocenters. The van der Waals surface area contributed by atoms with Gasteiger partial charge in [-0.05, 0) is 34.9 Å². The smallest absolute Gasteiger partial charge is 0.322 e. The fourth-order valence-electron chi connectivity index (χ4n) is 3.86. The first-order valence-corrected chi connectivity index (χ1v) is 11.6. The molecule has 9 heteroatoms. The number of hydrogen-bond acceptors (Lipinski definition) is 5. The average molecular weight is 490 g/mol. The molecule has 0 unspecified atom stereocenters. The predicted octanol–water partition coefficient (Wildman–Crippen LogP) is 1.46. The molecule has 0 spiro atoms. The lowest BCUT2D eigenvalue weighted by atomic mass is 10.0. The number of hydrogen-bond donors (Lipinski definition) is 4. The molecular formula is C27H27N3O6. The number of rotatable bonds is 10. The van der Waals surface area contributed by atoms with Crippen molar-refractivity contribution in [3.05, 3.63) is 83.4 Å². The summed E-state index contributed by atoms with van der Waals surface area (Å²) in [4.78, 5) is 48.4. The lowest BCUT2D eigenvalue weighted by Crippen LogP contribution is -2.49. The number of carboxylic acid groups (broad SMARTS) is 1. The zero-order chi connectivity index (χ0) is 25.7. The largest absolute Gasteiger partial charge is 0.480 e. The van der Waals surface area contributed by atoms with E-state index in [2.05, 4.69) is 16.0 Å². The minimum Gasteiger partial charge on any atom is -0.480 e. The van der Waals surface area contributed by atoms with Gasteiger partial charge in [0.05, 0.1) is 0 Å². The molecule has 1 aliphatic heterocycles. The van der Waals surface area contributed by atoms with Gasteiger partial charge in [0.25, 0.3) is 11.8 Å². The highest BCUT2D eigenvalue weighted by Gasteiger charge is 2.51. The third kappa shape index (κ3) is 6.45. The highest BCUT2D eigenvalue weighted by atomic mass is 16.6. The van der Waals surface area contributed by atoms with Gasteiger partial charge in [0.1, 0.15) is 12.6 Å². The summed E-state index contributed by atoms with van der Waals surface area (Å²) in [6.45, 7) is 1.67. The van der Waals surface area contributed by atoms with Gasteiger partial charge in [-0.3, -0.25) is 19.2 Å². The van der Waals surface area contributed by atoms with E-state index in [1.165, 1.54) is 0 Å². The van der Waals surface area contributed by atoms with Crippen LogP contribution in [0.3, 0.4) is 0 Å². The summed E-state index contributed by atoms with van der Waals surface area (Å²) in [6, 6.07) is 20.6. The molecule has 3 aromatic carbocycles. The molecule has 9 nitrogen and oxygen atoms in total. The van der Waals surface area contributed by atoms with E-state index >= 15 is 0 Å². The molecular weight excluding hydrogens is 462 g/mol. The van der Waals surface area contributed by atoms with E-state index in [0.717, 1.165) is 27.5 Å². The molecule has 36 heavy (non-hydrogen) atoms. The Labute approximate surface area is 207 Å². The number of aryl methyl sites for hydroxylation is 1. The van der Waals surface area contributed by atoms with E-state index in [9.17, 15) is 19.2 Å². The second-order valence-corrected chi connectivity index (χ2v) is 8.74. The molecule has 3 aromatic rings. The first-order valence-electron chi connectivity index (χ1n) is 11.6. The number of carbonyl (C=O) groups is 4. The number of ether oxygens (including phenoxy) is 1. The zero-order valence-corrected chi connectivity index (χ0v) is 19.7. The first-order chi connectivity index (χ1) is 17.3. The maximum Gasteiger partial charge on any atom is 0.322 e. The van der Waals surface area contributed by atoms with Crippen LogP contribution in [-0.4, -0.2) is 53.6 Å². The van der Waals surface area contributed by atoms with E-state index in [0.29, 0.717) is 0 Å². The lowest BCUT2D eigenvalue weighted by molar-refractivity contribution is -0.138. The van der Waals surface area contributed by atoms with Gasteiger partial charge < -0.3 is 25.8 Å². The van der Waals surface area contributed by atoms with Crippen LogP contribution in [0.15, 0.2) is 66.7 Å². The molecule has 3 amide bonds. The van der Waals surface area contributed by atoms with Crippen molar-refractivity contribution in [2.24, 2.45) is 0 Å². The Balaban J connectivity index is 1.40. The van der Waals surface area contributed by atoms with Gasteiger partial charge in [-0.15, -0.1) is 0 Å². The lowest BCUT2D eigenvalue weighted by Gasteiger charge is -2.19. The molecule has 1 saturated heterocycles. The van der Waals surface area contributed by atoms with Crippen molar-refractivity contribution in [2.75, 3.05) is 6.54 Å². The van der Waals surface area contributed by atoms with Crippen molar-refractivity contribution in [1.82, 2.24) is 16.0 Å². The monoisotopic (exact) mass is 489 g/mol. The average Bonchev–Trinajstić information content (AvgIpc) is 3.68. The Morgan fingerprint density at radius 3 is 2.25 bits per heavy atom. The van der Waals surface area contributed by atoms with Gasteiger partial charge in [0, 0.05) is 13.0 Å². The Kier molecular flexibility index (Phi) is 7.60. The van der Waals surface area contributed by atoms with Crippen LogP contribution in [0.1, 0.15) is 16.7 Å². The van der Waals surface area contributed by atoms with Crippen LogP contribution in [0.5, 0.6) is 0 Å². The quantitative estimate of drug-likeness (QED) is 0.318. The Morgan fingerprint density at radius 1 is 0.861 bits per heavy atom. The molecule has 0 radical (unpaired) electrons. The van der Waals surface area contributed by atoms with Crippen molar-refractivity contribution >= 4 is 34.5 Å². The predicted molar refractivity (Wildman–Crippen MR) is 132 cm³/mol. The molecule has 1 heterocycles. The third-order valence-electron chi connectivity index (χ3n) is 5.90. The van der Waals surface area contributed by atoms with Gasteiger partial charge >= 0.3 is 5.97 Å². The van der Waals surface area contributed by atoms with Gasteiger partial charge in [-0.25, -0.2) is 0 Å². The van der Waals surface area contributed by atoms with Gasteiger partial charge in [-0.1, -0.05) is 66.2 Å². The summed E-state index contributed by atoms with van der Waals surface area (Å²) in [7, 11) is 0. The van der Waals surface area contributed by atoms with Gasteiger partial charge in [0.2, 0.25) is 5.91 Å². The molecule has 0 aliphatic carbocycles. The first kappa shape index (κ1) is 24.9. The fourth-order valence-corrected chi connectivity index (χ4v) is 3.86. The molecule has 0 saturated carbocycles. The van der Waals surface area contributed by atoms with E-state index in [1.807, 2.05) is 73.7 Å². The second kappa shape index (κ2) is 11.0. The Bertz CT molecular complexity index is 1290. The van der Waals surface area contributed by atoms with E-state index in [4.69, 9.17) is 9.84 Å². The normalized spacial score (nSPS) is 17.1. The number of aliphatic carboxylic acids is 1. The van der Waals surface area contributed by atoms with Gasteiger partial charge in [-0.2, -0.15) is 0 Å². The van der Waals surface area contributed by atoms with E-state index in [1.54, 1.807) is 0 Å². The van der Waals surface area contributed by atoms with Crippen molar-refractivity contribution in [3.63, 3.8) is 0 Å². The van der Waals surface area contributed by atoms with Crippen molar-refractivity contribution < 1.29 is 29.0 Å². The van der Waals surface area contributed by atoms with Crippen molar-refractivity contribution in [2.45, 2.75) is 38.1 Å². The standard InChI is InChI=1S/C27H27N3O6/c1-16-6-8-17(9-7-16)13-21(30-27(35)24-23(36-24)26(34)29-15-22(31)32)25(33)28-14-18-10-11-19-4-2-3-5-20(19)12-18/h2-12,21,23-24H,13-15H2,1H3,(H,28,33)(H,29,34)(H,30,35)(H,31,32)/t21-,23+,24+/m0/s1. The molecule has 1 fully saturated rings. The third-order valence-corrected chi connectivity index (χ3v) is 5.90. The van der Waals surface area contributed by atoms with Crippen LogP contribution in [0.2, 0.25) is 0 Å². The second-order valence-electron chi connectivity index (χ2n) is 8.74. The van der Waals surface area contributed by atoms with E-state index < -0.39 is 42.6 Å². The van der Waals surface area contributed by atoms with Gasteiger partial charge in [0.15, 0.2) is 12.2 Å². The SMILES string of the molecule is Cc1ccc(C[C@H](NC(=O)[C@@H]2O[C@H]2C(=O)NCC(=O)O)C(=O)NCc2ccc3ccccc3c2)cc1. The van der Waals surface area contributed by atoms with E-state index in [-0.39, 0.29) is 18.9 Å². The van der Waals surface area contributed by atoms with Crippen LogP contribution >= 0.6 is 0 Å². The molecule has 1 aliphatic rings. The summed E-state index contributed by atoms with van der Waals surface area (Å²) in [5.41, 5.74) is 2.85. The van der Waals surface area contributed by atoms with Crippen LogP contribution < -0.4 is 16.0 Å². The van der Waals surface area contributed by atoms with Crippen molar-refractivity contribution in [1.29, 1.82) is 0 Å². The highest BCUT2D eigenvalue weighted by Crippen LogP contribution is 2.23. The number of carbonyl (C=O) groups excluding carboxylic acids is 3. The summed E-state index contributed by atoms with van der Waals surface area (Å²) in [5, 5.41) is 18.6. The number of benzene rings is 3. The minimum atomic E-state index is -1.20. The number of fused-ring (bicyclic) bond motifs is 1. The summed E-state index contributed by atoms with van der Waals surface area (Å²) in [6.07, 6.45) is -1.91. The summed E-state index contributed by atoms with van der Waals surface area (Å²) >= 11 is 0. The Hall–Kier alpha value is -4.24. The number of carboxylic acids is 1. The Morgan fingerprint density at radius 2 is 1.53 bits per heavy atom. The minimum absolute atomic E-state index is 0.248. The number of amides is 3. The maximum absolute atomic E-state index is 13.1. The fraction of sp³-hybridized carbons (Fsp3) is 0.259. The molecule has 4 N–H and O–H groups in total. The topological polar surface area (TPSA) is 137 Å². The molecule has 4 rings (SSSR count). The van der Waals surface area contributed by atoms with Crippen LogP contribution in [0.25, 0.3) is 10.8 Å². The zero-order valence-electron chi connectivity index (χ0n) is 19.7. The molecule has 0 bridgehead atoms. The number of epoxide rings is 1. The van der Waals surface area contributed by atoms with Crippen LogP contribution in [0.4, 0.5) is 0 Å². The summed E-state index contributed by atoms with van der Waals surface area (Å²) < 4.78 is 5.14. The highest BCUT2D eigenvalue weighted by molar-refractivity contribution is 5.97.